The van der Waals surface area contributed by atoms with Gasteiger partial charge in [0.15, 0.2) is 0 Å². The highest BCUT2D eigenvalue weighted by atomic mass is 16.6. The van der Waals surface area contributed by atoms with E-state index in [1.807, 2.05) is 6.07 Å². The molecular weight excluding hydrogens is 182 g/mol. The second-order valence-electron chi connectivity index (χ2n) is 3.41. The highest BCUT2D eigenvalue weighted by Gasteiger charge is 2.23. The van der Waals surface area contributed by atoms with E-state index in [-0.39, 0.29) is 16.7 Å². The molecule has 0 aromatic heterocycles. The van der Waals surface area contributed by atoms with Gasteiger partial charge in [0, 0.05) is 24.3 Å². The molecule has 1 aliphatic heterocycles. The molecule has 0 fully saturated rings. The first-order valence-corrected chi connectivity index (χ1v) is 4.44. The lowest BCUT2D eigenvalue weighted by Gasteiger charge is -2.22. The van der Waals surface area contributed by atoms with Crippen molar-refractivity contribution in [3.63, 3.8) is 0 Å². The van der Waals surface area contributed by atoms with Crippen molar-refractivity contribution in [3.05, 3.63) is 33.9 Å². The fourth-order valence-electron chi connectivity index (χ4n) is 1.70. The number of nitro groups is 1. The number of benzene rings is 1. The summed E-state index contributed by atoms with van der Waals surface area (Å²) in [5, 5.41) is 13.8. The molecule has 2 rings (SSSR count). The van der Waals surface area contributed by atoms with Gasteiger partial charge in [0.25, 0.3) is 5.69 Å². The number of nitrogens with zero attached hydrogens (tertiary/aromatic N) is 1. The fraction of sp³-hybridized carbons (Fsp3) is 0.333. The van der Waals surface area contributed by atoms with Crippen molar-refractivity contribution in [2.45, 2.75) is 12.5 Å². The van der Waals surface area contributed by atoms with Gasteiger partial charge in [0.05, 0.1) is 10.5 Å². The van der Waals surface area contributed by atoms with Crippen LogP contribution in [0.5, 0.6) is 0 Å². The molecule has 0 saturated heterocycles. The van der Waals surface area contributed by atoms with Crippen molar-refractivity contribution in [1.29, 1.82) is 0 Å². The lowest BCUT2D eigenvalue weighted by Crippen LogP contribution is -2.35. The largest absolute Gasteiger partial charge is 0.383 e. The molecule has 0 bridgehead atoms. The van der Waals surface area contributed by atoms with E-state index >= 15 is 0 Å². The van der Waals surface area contributed by atoms with Gasteiger partial charge in [-0.15, -0.1) is 0 Å². The quantitative estimate of drug-likeness (QED) is 0.512. The van der Waals surface area contributed by atoms with E-state index < -0.39 is 0 Å². The molecule has 1 aromatic carbocycles. The molecule has 14 heavy (non-hydrogen) atoms. The number of nitrogens with two attached hydrogens (primary N) is 1. The van der Waals surface area contributed by atoms with Crippen LogP contribution in [0.25, 0.3) is 0 Å². The summed E-state index contributed by atoms with van der Waals surface area (Å²) in [7, 11) is 0. The summed E-state index contributed by atoms with van der Waals surface area (Å²) in [6.45, 7) is 0.675. The second-order valence-corrected chi connectivity index (χ2v) is 3.41. The van der Waals surface area contributed by atoms with E-state index in [1.54, 1.807) is 6.07 Å². The van der Waals surface area contributed by atoms with Crippen LogP contribution < -0.4 is 11.1 Å². The van der Waals surface area contributed by atoms with Crippen LogP contribution in [0.3, 0.4) is 0 Å². The van der Waals surface area contributed by atoms with E-state index in [0.717, 1.165) is 11.3 Å². The van der Waals surface area contributed by atoms with Crippen LogP contribution in [0.1, 0.15) is 5.56 Å². The average Bonchev–Trinajstić information content (AvgIpc) is 2.16. The maximum atomic E-state index is 10.7. The molecule has 0 aliphatic carbocycles. The number of nitro benzene ring substituents is 1. The Bertz CT molecular complexity index is 378. The Hall–Kier alpha value is -1.62. The molecular formula is C9H11N3O2. The first-order chi connectivity index (χ1) is 6.68. The SMILES string of the molecule is N[C@H]1CNc2cccc([N+](=O)[O-])c2C1. The van der Waals surface area contributed by atoms with Gasteiger partial charge in [0.2, 0.25) is 0 Å². The number of hydrogen-bond acceptors (Lipinski definition) is 4. The van der Waals surface area contributed by atoms with Crippen molar-refractivity contribution in [1.82, 2.24) is 0 Å². The summed E-state index contributed by atoms with van der Waals surface area (Å²) in [4.78, 5) is 10.4. The lowest BCUT2D eigenvalue weighted by molar-refractivity contribution is -0.385. The third-order valence-electron chi connectivity index (χ3n) is 2.37. The Morgan fingerprint density at radius 2 is 2.36 bits per heavy atom. The normalized spacial score (nSPS) is 19.6. The van der Waals surface area contributed by atoms with Crippen LogP contribution in [-0.2, 0) is 6.42 Å². The summed E-state index contributed by atoms with van der Waals surface area (Å²) in [5.74, 6) is 0. The van der Waals surface area contributed by atoms with Gasteiger partial charge in [-0.3, -0.25) is 10.1 Å². The van der Waals surface area contributed by atoms with Gasteiger partial charge >= 0.3 is 0 Å². The standard InChI is InChI=1S/C9H11N3O2/c10-6-4-7-8(11-5-6)2-1-3-9(7)12(13)14/h1-3,6,11H,4-5,10H2/t6-/m1/s1. The summed E-state index contributed by atoms with van der Waals surface area (Å²) in [5.41, 5.74) is 7.44. The zero-order valence-electron chi connectivity index (χ0n) is 7.56. The van der Waals surface area contributed by atoms with E-state index in [1.165, 1.54) is 6.07 Å². The van der Waals surface area contributed by atoms with Crippen molar-refractivity contribution < 1.29 is 4.92 Å². The lowest BCUT2D eigenvalue weighted by atomic mass is 9.99. The molecule has 1 heterocycles. The Balaban J connectivity index is 2.48. The highest BCUT2D eigenvalue weighted by molar-refractivity contribution is 5.62. The number of fused-ring (bicyclic) bond motifs is 1. The van der Waals surface area contributed by atoms with Crippen molar-refractivity contribution in [2.75, 3.05) is 11.9 Å². The Morgan fingerprint density at radius 1 is 1.57 bits per heavy atom. The Kier molecular flexibility index (Phi) is 2.09. The maximum Gasteiger partial charge on any atom is 0.274 e. The Morgan fingerprint density at radius 3 is 3.07 bits per heavy atom. The molecule has 0 radical (unpaired) electrons. The van der Waals surface area contributed by atoms with Crippen molar-refractivity contribution >= 4 is 11.4 Å². The highest BCUT2D eigenvalue weighted by Crippen LogP contribution is 2.29. The summed E-state index contributed by atoms with van der Waals surface area (Å²) < 4.78 is 0. The van der Waals surface area contributed by atoms with Gasteiger partial charge in [-0.1, -0.05) is 6.07 Å². The van der Waals surface area contributed by atoms with Crippen LogP contribution >= 0.6 is 0 Å². The zero-order chi connectivity index (χ0) is 10.1. The topological polar surface area (TPSA) is 81.2 Å². The smallest absolute Gasteiger partial charge is 0.274 e. The summed E-state index contributed by atoms with van der Waals surface area (Å²) >= 11 is 0. The molecule has 3 N–H and O–H groups in total. The molecule has 0 amide bonds. The van der Waals surface area contributed by atoms with E-state index in [9.17, 15) is 10.1 Å². The van der Waals surface area contributed by atoms with Crippen LogP contribution in [0.4, 0.5) is 11.4 Å². The molecule has 0 spiro atoms. The van der Waals surface area contributed by atoms with Gasteiger partial charge in [0.1, 0.15) is 0 Å². The molecule has 5 nitrogen and oxygen atoms in total. The fourth-order valence-corrected chi connectivity index (χ4v) is 1.70. The summed E-state index contributed by atoms with van der Waals surface area (Å²) in [6.07, 6.45) is 0.569. The average molecular weight is 193 g/mol. The van der Waals surface area contributed by atoms with Crippen molar-refractivity contribution in [3.8, 4) is 0 Å². The second kappa shape index (κ2) is 3.26. The molecule has 1 atom stereocenters. The molecule has 1 aromatic rings. The molecule has 0 unspecified atom stereocenters. The van der Waals surface area contributed by atoms with Crippen LogP contribution in [0, 0.1) is 10.1 Å². The first-order valence-electron chi connectivity index (χ1n) is 4.44. The van der Waals surface area contributed by atoms with Crippen LogP contribution in [0.15, 0.2) is 18.2 Å². The van der Waals surface area contributed by atoms with Crippen LogP contribution in [-0.4, -0.2) is 17.5 Å². The van der Waals surface area contributed by atoms with Gasteiger partial charge < -0.3 is 11.1 Å². The number of rotatable bonds is 1. The minimum absolute atomic E-state index is 0.0383. The number of hydrogen-bond donors (Lipinski definition) is 2. The predicted molar refractivity (Wildman–Crippen MR) is 53.3 cm³/mol. The van der Waals surface area contributed by atoms with Gasteiger partial charge in [-0.25, -0.2) is 0 Å². The molecule has 1 aliphatic rings. The number of anilines is 1. The summed E-state index contributed by atoms with van der Waals surface area (Å²) in [6, 6.07) is 5.00. The minimum Gasteiger partial charge on any atom is -0.383 e. The maximum absolute atomic E-state index is 10.7. The van der Waals surface area contributed by atoms with Gasteiger partial charge in [-0.2, -0.15) is 0 Å². The Labute approximate surface area is 81.1 Å². The van der Waals surface area contributed by atoms with Gasteiger partial charge in [-0.05, 0) is 12.5 Å². The third-order valence-corrected chi connectivity index (χ3v) is 2.37. The monoisotopic (exact) mass is 193 g/mol. The molecule has 0 saturated carbocycles. The first kappa shape index (κ1) is 8.96. The minimum atomic E-state index is -0.363. The van der Waals surface area contributed by atoms with Crippen molar-refractivity contribution in [2.24, 2.45) is 5.73 Å². The molecule has 74 valence electrons. The van der Waals surface area contributed by atoms with E-state index in [4.69, 9.17) is 5.73 Å². The van der Waals surface area contributed by atoms with Crippen LogP contribution in [0.2, 0.25) is 0 Å². The predicted octanol–water partition coefficient (Wildman–Crippen LogP) is 0.890. The zero-order valence-corrected chi connectivity index (χ0v) is 7.56. The van der Waals surface area contributed by atoms with E-state index in [0.29, 0.717) is 13.0 Å². The molecule has 5 heteroatoms. The third kappa shape index (κ3) is 1.42. The number of nitrogens with one attached hydrogen (secondary N) is 1. The van der Waals surface area contributed by atoms with E-state index in [2.05, 4.69) is 5.32 Å².